The van der Waals surface area contributed by atoms with Gasteiger partial charge in [0.05, 0.1) is 6.54 Å². The lowest BCUT2D eigenvalue weighted by Gasteiger charge is -2.23. The first-order valence-electron chi connectivity index (χ1n) is 9.12. The summed E-state index contributed by atoms with van der Waals surface area (Å²) in [5.41, 5.74) is 2.69. The maximum Gasteiger partial charge on any atom is 0.251 e. The fourth-order valence-electron chi connectivity index (χ4n) is 3.20. The van der Waals surface area contributed by atoms with Crippen LogP contribution >= 0.6 is 0 Å². The van der Waals surface area contributed by atoms with E-state index in [0.29, 0.717) is 29.9 Å². The Kier molecular flexibility index (Phi) is 5.68. The van der Waals surface area contributed by atoms with Gasteiger partial charge in [-0.25, -0.2) is 0 Å². The lowest BCUT2D eigenvalue weighted by Crippen LogP contribution is -2.36. The summed E-state index contributed by atoms with van der Waals surface area (Å²) in [7, 11) is 0. The molecule has 1 amide bonds. The number of amides is 1. The first-order valence-corrected chi connectivity index (χ1v) is 9.12. The Labute approximate surface area is 148 Å². The third-order valence-electron chi connectivity index (χ3n) is 4.69. The van der Waals surface area contributed by atoms with Gasteiger partial charge in [-0.05, 0) is 43.5 Å². The monoisotopic (exact) mass is 342 g/mol. The molecule has 1 aromatic heterocycles. The van der Waals surface area contributed by atoms with Crippen LogP contribution in [0.5, 0.6) is 0 Å². The van der Waals surface area contributed by atoms with Gasteiger partial charge in [0, 0.05) is 23.7 Å². The van der Waals surface area contributed by atoms with E-state index in [0.717, 1.165) is 30.5 Å². The number of nitrogens with zero attached hydrogens (tertiary/aromatic N) is 2. The van der Waals surface area contributed by atoms with Crippen molar-refractivity contribution >= 4 is 11.6 Å². The number of carbonyl (C=O) groups excluding carboxylic acids is 1. The Bertz CT molecular complexity index is 720. The van der Waals surface area contributed by atoms with Gasteiger partial charge in [0.25, 0.3) is 5.91 Å². The summed E-state index contributed by atoms with van der Waals surface area (Å²) < 4.78 is 5.18. The zero-order valence-corrected chi connectivity index (χ0v) is 15.0. The number of aryl methyl sites for hydroxylation is 2. The molecule has 0 unspecified atom stereocenters. The Morgan fingerprint density at radius 2 is 2.08 bits per heavy atom. The van der Waals surface area contributed by atoms with Gasteiger partial charge in [-0.2, -0.15) is 4.98 Å². The van der Waals surface area contributed by atoms with Crippen molar-refractivity contribution in [3.05, 3.63) is 41.0 Å². The number of nitrogens with one attached hydrogen (secondary N) is 2. The van der Waals surface area contributed by atoms with Crippen LogP contribution in [0.2, 0.25) is 0 Å². The first-order chi connectivity index (χ1) is 12.2. The highest BCUT2D eigenvalue weighted by Crippen LogP contribution is 2.20. The fourth-order valence-corrected chi connectivity index (χ4v) is 3.20. The number of benzene rings is 1. The van der Waals surface area contributed by atoms with Crippen LogP contribution in [0.15, 0.2) is 22.7 Å². The highest BCUT2D eigenvalue weighted by molar-refractivity contribution is 5.95. The van der Waals surface area contributed by atoms with E-state index in [9.17, 15) is 4.79 Å². The summed E-state index contributed by atoms with van der Waals surface area (Å²) in [5.74, 6) is 1.30. The molecule has 0 atom stereocenters. The minimum atomic E-state index is 0.0195. The zero-order chi connectivity index (χ0) is 17.6. The molecular formula is C19H26N4O2. The van der Waals surface area contributed by atoms with Crippen LogP contribution in [0.1, 0.15) is 66.7 Å². The van der Waals surface area contributed by atoms with Gasteiger partial charge in [0.1, 0.15) is 0 Å². The van der Waals surface area contributed by atoms with Crippen LogP contribution in [0.25, 0.3) is 0 Å². The molecule has 0 bridgehead atoms. The molecule has 0 radical (unpaired) electrons. The molecule has 1 aromatic carbocycles. The molecule has 134 valence electrons. The van der Waals surface area contributed by atoms with Crippen LogP contribution in [0, 0.1) is 6.92 Å². The molecule has 1 saturated carbocycles. The fraction of sp³-hybridized carbons (Fsp3) is 0.526. The minimum absolute atomic E-state index is 0.0195. The molecule has 0 spiro atoms. The quantitative estimate of drug-likeness (QED) is 0.838. The van der Waals surface area contributed by atoms with Crippen molar-refractivity contribution in [1.82, 2.24) is 15.5 Å². The average molecular weight is 342 g/mol. The number of rotatable bonds is 6. The van der Waals surface area contributed by atoms with E-state index in [1.807, 2.05) is 32.0 Å². The van der Waals surface area contributed by atoms with E-state index >= 15 is 0 Å². The second-order valence-corrected chi connectivity index (χ2v) is 6.65. The zero-order valence-electron chi connectivity index (χ0n) is 15.0. The van der Waals surface area contributed by atoms with Crippen molar-refractivity contribution in [2.45, 2.75) is 65.0 Å². The summed E-state index contributed by atoms with van der Waals surface area (Å²) in [6.45, 7) is 4.45. The van der Waals surface area contributed by atoms with Gasteiger partial charge in [0.2, 0.25) is 5.89 Å². The van der Waals surface area contributed by atoms with Gasteiger partial charge >= 0.3 is 0 Å². The van der Waals surface area contributed by atoms with Gasteiger partial charge in [-0.15, -0.1) is 0 Å². The van der Waals surface area contributed by atoms with Crippen molar-refractivity contribution < 1.29 is 9.32 Å². The molecule has 1 heterocycles. The molecule has 6 nitrogen and oxygen atoms in total. The van der Waals surface area contributed by atoms with E-state index < -0.39 is 0 Å². The number of hydrogen-bond donors (Lipinski definition) is 2. The molecule has 2 N–H and O–H groups in total. The summed E-state index contributed by atoms with van der Waals surface area (Å²) >= 11 is 0. The maximum absolute atomic E-state index is 12.4. The number of hydrogen-bond acceptors (Lipinski definition) is 5. The molecular weight excluding hydrogens is 316 g/mol. The largest absolute Gasteiger partial charge is 0.376 e. The minimum Gasteiger partial charge on any atom is -0.376 e. The van der Waals surface area contributed by atoms with Crippen LogP contribution in [0.3, 0.4) is 0 Å². The van der Waals surface area contributed by atoms with Gasteiger partial charge in [0.15, 0.2) is 5.82 Å². The summed E-state index contributed by atoms with van der Waals surface area (Å²) in [4.78, 5) is 16.7. The Morgan fingerprint density at radius 1 is 1.28 bits per heavy atom. The third-order valence-corrected chi connectivity index (χ3v) is 4.69. The normalized spacial score (nSPS) is 15.1. The Morgan fingerprint density at radius 3 is 2.76 bits per heavy atom. The molecule has 3 rings (SSSR count). The summed E-state index contributed by atoms with van der Waals surface area (Å²) in [5, 5.41) is 10.3. The van der Waals surface area contributed by atoms with Crippen molar-refractivity contribution in [1.29, 1.82) is 0 Å². The first kappa shape index (κ1) is 17.5. The molecule has 1 aliphatic rings. The van der Waals surface area contributed by atoms with E-state index in [4.69, 9.17) is 4.52 Å². The number of carbonyl (C=O) groups is 1. The maximum atomic E-state index is 12.4. The highest BCUT2D eigenvalue weighted by Gasteiger charge is 2.17. The molecule has 2 aromatic rings. The van der Waals surface area contributed by atoms with E-state index in [1.54, 1.807) is 0 Å². The van der Waals surface area contributed by atoms with Gasteiger partial charge < -0.3 is 15.2 Å². The van der Waals surface area contributed by atoms with Crippen LogP contribution in [-0.2, 0) is 13.0 Å². The SMILES string of the molecule is CCc1noc(CNc2ccc(C(=O)NC3CCCCC3)cc2C)n1. The predicted octanol–water partition coefficient (Wildman–Crippen LogP) is 3.62. The van der Waals surface area contributed by atoms with E-state index in [-0.39, 0.29) is 5.91 Å². The van der Waals surface area contributed by atoms with Gasteiger partial charge in [-0.3, -0.25) is 4.79 Å². The smallest absolute Gasteiger partial charge is 0.251 e. The molecule has 0 aliphatic heterocycles. The predicted molar refractivity (Wildman–Crippen MR) is 96.5 cm³/mol. The molecule has 25 heavy (non-hydrogen) atoms. The molecule has 6 heteroatoms. The Hall–Kier alpha value is -2.37. The average Bonchev–Trinajstić information content (AvgIpc) is 3.09. The second-order valence-electron chi connectivity index (χ2n) is 6.65. The lowest BCUT2D eigenvalue weighted by atomic mass is 9.95. The van der Waals surface area contributed by atoms with Crippen molar-refractivity contribution in [2.75, 3.05) is 5.32 Å². The van der Waals surface area contributed by atoms with Crippen LogP contribution < -0.4 is 10.6 Å². The third kappa shape index (κ3) is 4.59. The molecule has 1 aliphatic carbocycles. The Balaban J connectivity index is 1.58. The van der Waals surface area contributed by atoms with Crippen molar-refractivity contribution in [3.8, 4) is 0 Å². The van der Waals surface area contributed by atoms with E-state index in [2.05, 4.69) is 20.8 Å². The van der Waals surface area contributed by atoms with Crippen LogP contribution in [-0.4, -0.2) is 22.1 Å². The highest BCUT2D eigenvalue weighted by atomic mass is 16.5. The second kappa shape index (κ2) is 8.14. The molecule has 1 fully saturated rings. The summed E-state index contributed by atoms with van der Waals surface area (Å²) in [6, 6.07) is 6.04. The van der Waals surface area contributed by atoms with Crippen molar-refractivity contribution in [2.24, 2.45) is 0 Å². The number of aromatic nitrogens is 2. The summed E-state index contributed by atoms with van der Waals surface area (Å²) in [6.07, 6.45) is 6.64. The molecule has 0 saturated heterocycles. The van der Waals surface area contributed by atoms with E-state index in [1.165, 1.54) is 19.3 Å². The topological polar surface area (TPSA) is 80.0 Å². The standard InChI is InChI=1S/C19H26N4O2/c1-3-17-22-18(25-23-17)12-20-16-10-9-14(11-13(16)2)19(24)21-15-7-5-4-6-8-15/h9-11,15,20H,3-8,12H2,1-2H3,(H,21,24). The van der Waals surface area contributed by atoms with Crippen LogP contribution in [0.4, 0.5) is 5.69 Å². The lowest BCUT2D eigenvalue weighted by molar-refractivity contribution is 0.0927. The number of anilines is 1. The van der Waals surface area contributed by atoms with Gasteiger partial charge in [-0.1, -0.05) is 31.3 Å². The van der Waals surface area contributed by atoms with Crippen molar-refractivity contribution in [3.63, 3.8) is 0 Å².